The molecule has 25 heavy (non-hydrogen) atoms. The van der Waals surface area contributed by atoms with E-state index >= 15 is 0 Å². The number of hydrogen-bond acceptors (Lipinski definition) is 6. The number of amidine groups is 1. The molecule has 0 unspecified atom stereocenters. The molecule has 0 atom stereocenters. The lowest BCUT2D eigenvalue weighted by molar-refractivity contribution is -0.135. The number of amides is 1. The van der Waals surface area contributed by atoms with Gasteiger partial charge in [0, 0.05) is 26.1 Å². The van der Waals surface area contributed by atoms with Gasteiger partial charge in [-0.25, -0.2) is 9.79 Å². The van der Waals surface area contributed by atoms with Crippen LogP contribution >= 0.6 is 0 Å². The Labute approximate surface area is 151 Å². The van der Waals surface area contributed by atoms with Gasteiger partial charge in [-0.1, -0.05) is 0 Å². The summed E-state index contributed by atoms with van der Waals surface area (Å²) in [4.78, 5) is 29.7. The second-order valence-corrected chi connectivity index (χ2v) is 6.88. The average Bonchev–Trinajstić information content (AvgIpc) is 2.46. The van der Waals surface area contributed by atoms with Gasteiger partial charge in [0.05, 0.1) is 0 Å². The molecule has 0 radical (unpaired) electrons. The summed E-state index contributed by atoms with van der Waals surface area (Å²) in [5, 5.41) is 5.55. The molecular weight excluding hydrogens is 324 g/mol. The van der Waals surface area contributed by atoms with E-state index in [1.165, 1.54) is 0 Å². The number of rotatable bonds is 9. The van der Waals surface area contributed by atoms with Gasteiger partial charge in [-0.2, -0.15) is 0 Å². The fraction of sp³-hybridized carbons (Fsp3) is 0.824. The summed E-state index contributed by atoms with van der Waals surface area (Å²) < 4.78 is 10.3. The van der Waals surface area contributed by atoms with Gasteiger partial charge in [0.15, 0.2) is 0 Å². The van der Waals surface area contributed by atoms with Crippen LogP contribution in [0.1, 0.15) is 47.0 Å². The van der Waals surface area contributed by atoms with Crippen molar-refractivity contribution in [3.63, 3.8) is 0 Å². The molecule has 0 aromatic rings. The van der Waals surface area contributed by atoms with E-state index in [1.54, 1.807) is 20.8 Å². The summed E-state index contributed by atoms with van der Waals surface area (Å²) in [7, 11) is 4.00. The smallest absolute Gasteiger partial charge is 0.407 e. The lowest BCUT2D eigenvalue weighted by atomic mass is 10.2. The van der Waals surface area contributed by atoms with E-state index in [4.69, 9.17) is 9.47 Å². The number of alkyl carbamates (subject to hydrolysis) is 1. The topological polar surface area (TPSA) is 92.3 Å². The zero-order valence-electron chi connectivity index (χ0n) is 16.5. The standard InChI is InChI=1S/C17H34N4O4/c1-7-18-15(19-12-9-13-21(5)6)24-14(22)10-8-11-20-16(23)25-17(2,3)4/h7-13H2,1-6H3,(H,18,19)(H,20,23). The van der Waals surface area contributed by atoms with Crippen LogP contribution in [0.15, 0.2) is 4.99 Å². The van der Waals surface area contributed by atoms with E-state index in [9.17, 15) is 9.59 Å². The van der Waals surface area contributed by atoms with Crippen molar-refractivity contribution in [1.82, 2.24) is 15.5 Å². The molecular formula is C17H34N4O4. The van der Waals surface area contributed by atoms with E-state index in [0.717, 1.165) is 13.0 Å². The SMILES string of the molecule is CCNC(=NCCCN(C)C)OC(=O)CCCNC(=O)OC(C)(C)C. The highest BCUT2D eigenvalue weighted by Gasteiger charge is 2.15. The van der Waals surface area contributed by atoms with Gasteiger partial charge in [0.2, 0.25) is 0 Å². The average molecular weight is 358 g/mol. The Bertz CT molecular complexity index is 431. The third-order valence-corrected chi connectivity index (χ3v) is 2.78. The summed E-state index contributed by atoms with van der Waals surface area (Å²) in [5.74, 6) is -0.377. The summed E-state index contributed by atoms with van der Waals surface area (Å²) in [6.07, 6.45) is 1.06. The van der Waals surface area contributed by atoms with Crippen LogP contribution in [0.25, 0.3) is 0 Å². The molecule has 0 rings (SSSR count). The van der Waals surface area contributed by atoms with Crippen molar-refractivity contribution < 1.29 is 19.1 Å². The van der Waals surface area contributed by atoms with Crippen molar-refractivity contribution in [2.75, 3.05) is 40.3 Å². The highest BCUT2D eigenvalue weighted by atomic mass is 16.6. The second-order valence-electron chi connectivity index (χ2n) is 6.88. The molecule has 0 aromatic heterocycles. The number of carbonyl (C=O) groups is 2. The minimum absolute atomic E-state index is 0.192. The van der Waals surface area contributed by atoms with Gasteiger partial charge < -0.3 is 25.0 Å². The monoisotopic (exact) mass is 358 g/mol. The van der Waals surface area contributed by atoms with Gasteiger partial charge in [-0.15, -0.1) is 0 Å². The fourth-order valence-electron chi connectivity index (χ4n) is 1.74. The van der Waals surface area contributed by atoms with E-state index in [0.29, 0.717) is 26.1 Å². The molecule has 0 saturated heterocycles. The first kappa shape index (κ1) is 23.2. The van der Waals surface area contributed by atoms with Crippen molar-refractivity contribution in [3.8, 4) is 0 Å². The summed E-state index contributed by atoms with van der Waals surface area (Å²) in [6, 6.07) is 0.256. The lowest BCUT2D eigenvalue weighted by Gasteiger charge is -2.19. The van der Waals surface area contributed by atoms with Crippen LogP contribution < -0.4 is 10.6 Å². The minimum atomic E-state index is -0.535. The summed E-state index contributed by atoms with van der Waals surface area (Å²) in [5.41, 5.74) is -0.535. The largest absolute Gasteiger partial charge is 0.444 e. The molecule has 0 aromatic carbocycles. The second kappa shape index (κ2) is 12.5. The first-order chi connectivity index (χ1) is 11.6. The Morgan fingerprint density at radius 2 is 1.80 bits per heavy atom. The lowest BCUT2D eigenvalue weighted by Crippen LogP contribution is -2.33. The van der Waals surface area contributed by atoms with E-state index in [2.05, 4.69) is 20.5 Å². The number of esters is 1. The third-order valence-electron chi connectivity index (χ3n) is 2.78. The Balaban J connectivity index is 4.06. The summed E-state index contributed by atoms with van der Waals surface area (Å²) >= 11 is 0. The molecule has 8 nitrogen and oxygen atoms in total. The quantitative estimate of drug-likeness (QED) is 0.282. The van der Waals surface area contributed by atoms with Crippen LogP contribution in [0.2, 0.25) is 0 Å². The zero-order valence-corrected chi connectivity index (χ0v) is 16.5. The van der Waals surface area contributed by atoms with E-state index in [1.807, 2.05) is 21.0 Å². The molecule has 146 valence electrons. The predicted octanol–water partition coefficient (Wildman–Crippen LogP) is 1.75. The highest BCUT2D eigenvalue weighted by molar-refractivity contribution is 5.87. The Morgan fingerprint density at radius 3 is 2.36 bits per heavy atom. The molecule has 2 N–H and O–H groups in total. The number of ether oxygens (including phenoxy) is 2. The molecule has 0 bridgehead atoms. The van der Waals surface area contributed by atoms with Crippen LogP contribution in [-0.4, -0.2) is 68.9 Å². The number of nitrogens with zero attached hydrogens (tertiary/aromatic N) is 2. The molecule has 0 aliphatic heterocycles. The Morgan fingerprint density at radius 1 is 1.12 bits per heavy atom. The van der Waals surface area contributed by atoms with E-state index < -0.39 is 11.7 Å². The van der Waals surface area contributed by atoms with E-state index in [-0.39, 0.29) is 18.4 Å². The van der Waals surface area contributed by atoms with Gasteiger partial charge in [0.25, 0.3) is 6.02 Å². The van der Waals surface area contributed by atoms with Crippen molar-refractivity contribution >= 4 is 18.1 Å². The number of nitrogens with one attached hydrogen (secondary N) is 2. The summed E-state index contributed by atoms with van der Waals surface area (Å²) in [6.45, 7) is 9.79. The van der Waals surface area contributed by atoms with Gasteiger partial charge >= 0.3 is 12.1 Å². The van der Waals surface area contributed by atoms with Crippen LogP contribution in [0.4, 0.5) is 4.79 Å². The van der Waals surface area contributed by atoms with Crippen LogP contribution in [0.3, 0.4) is 0 Å². The van der Waals surface area contributed by atoms with Crippen molar-refractivity contribution in [2.45, 2.75) is 52.6 Å². The zero-order chi connectivity index (χ0) is 19.3. The van der Waals surface area contributed by atoms with Gasteiger partial charge in [0.1, 0.15) is 5.60 Å². The number of hydrogen-bond donors (Lipinski definition) is 2. The van der Waals surface area contributed by atoms with Crippen molar-refractivity contribution in [3.05, 3.63) is 0 Å². The Hall–Kier alpha value is -1.83. The van der Waals surface area contributed by atoms with Crippen LogP contribution in [0.5, 0.6) is 0 Å². The Kier molecular flexibility index (Phi) is 11.6. The van der Waals surface area contributed by atoms with Gasteiger partial charge in [-0.05, 0) is 61.2 Å². The fourth-order valence-corrected chi connectivity index (χ4v) is 1.74. The first-order valence-corrected chi connectivity index (χ1v) is 8.74. The number of aliphatic imine (C=N–C) groups is 1. The molecule has 0 heterocycles. The molecule has 8 heteroatoms. The highest BCUT2D eigenvalue weighted by Crippen LogP contribution is 2.06. The van der Waals surface area contributed by atoms with Gasteiger partial charge in [-0.3, -0.25) is 4.79 Å². The maximum atomic E-state index is 11.8. The van der Waals surface area contributed by atoms with Crippen LogP contribution in [-0.2, 0) is 14.3 Å². The molecule has 1 amide bonds. The van der Waals surface area contributed by atoms with Crippen LogP contribution in [0, 0.1) is 0 Å². The molecule has 0 spiro atoms. The normalized spacial score (nSPS) is 12.0. The molecule has 0 saturated carbocycles. The van der Waals surface area contributed by atoms with Crippen molar-refractivity contribution in [2.24, 2.45) is 4.99 Å². The minimum Gasteiger partial charge on any atom is -0.444 e. The molecule has 0 fully saturated rings. The molecule has 0 aliphatic carbocycles. The first-order valence-electron chi connectivity index (χ1n) is 8.74. The third kappa shape index (κ3) is 15.4. The number of carbonyl (C=O) groups excluding carboxylic acids is 2. The maximum Gasteiger partial charge on any atom is 0.407 e. The maximum absolute atomic E-state index is 11.8. The predicted molar refractivity (Wildman–Crippen MR) is 98.7 cm³/mol. The molecule has 0 aliphatic rings. The van der Waals surface area contributed by atoms with Crippen molar-refractivity contribution in [1.29, 1.82) is 0 Å².